The number of rotatable bonds is 5. The van der Waals surface area contributed by atoms with Crippen molar-refractivity contribution in [2.45, 2.75) is 25.4 Å². The minimum Gasteiger partial charge on any atom is -0.497 e. The highest BCUT2D eigenvalue weighted by atomic mass is 32.1. The van der Waals surface area contributed by atoms with Crippen LogP contribution in [-0.2, 0) is 0 Å². The van der Waals surface area contributed by atoms with Gasteiger partial charge >= 0.3 is 0 Å². The van der Waals surface area contributed by atoms with Crippen LogP contribution in [-0.4, -0.2) is 25.0 Å². The third-order valence-electron chi connectivity index (χ3n) is 6.41. The number of benzene rings is 3. The maximum atomic E-state index is 13.8. The van der Waals surface area contributed by atoms with Gasteiger partial charge in [-0.15, -0.1) is 11.3 Å². The monoisotopic (exact) mass is 482 g/mol. The van der Waals surface area contributed by atoms with E-state index in [-0.39, 0.29) is 23.9 Å². The molecule has 0 bridgehead atoms. The molecule has 35 heavy (non-hydrogen) atoms. The molecule has 5 nitrogen and oxygen atoms in total. The lowest BCUT2D eigenvalue weighted by Gasteiger charge is -2.43. The molecule has 3 aromatic carbocycles. The summed E-state index contributed by atoms with van der Waals surface area (Å²) in [6.07, 6.45) is 0.616. The fourth-order valence-electron chi connectivity index (χ4n) is 4.75. The quantitative estimate of drug-likeness (QED) is 0.323. The molecule has 0 spiro atoms. The molecule has 2 amide bonds. The Morgan fingerprint density at radius 2 is 1.63 bits per heavy atom. The van der Waals surface area contributed by atoms with E-state index in [1.54, 1.807) is 31.4 Å². The number of anilines is 2. The highest BCUT2D eigenvalue weighted by Gasteiger charge is 2.39. The van der Waals surface area contributed by atoms with Gasteiger partial charge in [0.25, 0.3) is 11.8 Å². The summed E-state index contributed by atoms with van der Waals surface area (Å²) in [5, 5.41) is 1.92. The molecule has 0 saturated carbocycles. The van der Waals surface area contributed by atoms with E-state index in [9.17, 15) is 9.59 Å². The first-order chi connectivity index (χ1) is 17.1. The van der Waals surface area contributed by atoms with Crippen molar-refractivity contribution >= 4 is 34.5 Å². The van der Waals surface area contributed by atoms with Gasteiger partial charge in [-0.05, 0) is 72.8 Å². The number of ether oxygens (including phenoxy) is 1. The molecular weight excluding hydrogens is 456 g/mol. The standard InChI is InChI=1S/C29H26N2O3S/c1-20-19-26(31(22-9-4-3-5-10-22)29(33)27-13-8-18-35-27)24-11-6-7-12-25(24)30(20)28(32)21-14-16-23(34-2)17-15-21/h3-18,20,26H,19H2,1-2H3/t20-,26+/m1/s1. The van der Waals surface area contributed by atoms with Crippen molar-refractivity contribution in [3.63, 3.8) is 0 Å². The van der Waals surface area contributed by atoms with Crippen LogP contribution in [0.5, 0.6) is 5.75 Å². The Morgan fingerprint density at radius 3 is 2.31 bits per heavy atom. The van der Waals surface area contributed by atoms with Gasteiger partial charge in [-0.3, -0.25) is 9.59 Å². The molecule has 0 unspecified atom stereocenters. The number of fused-ring (bicyclic) bond motifs is 1. The average molecular weight is 483 g/mol. The van der Waals surface area contributed by atoms with Crippen LogP contribution in [0.4, 0.5) is 11.4 Å². The van der Waals surface area contributed by atoms with E-state index in [4.69, 9.17) is 4.74 Å². The van der Waals surface area contributed by atoms with Crippen LogP contribution in [0.25, 0.3) is 0 Å². The number of amides is 2. The third kappa shape index (κ3) is 4.33. The zero-order valence-electron chi connectivity index (χ0n) is 19.6. The summed E-state index contributed by atoms with van der Waals surface area (Å²) in [5.74, 6) is 0.606. The van der Waals surface area contributed by atoms with Gasteiger partial charge < -0.3 is 14.5 Å². The minimum absolute atomic E-state index is 0.0341. The largest absolute Gasteiger partial charge is 0.497 e. The van der Waals surface area contributed by atoms with Crippen molar-refractivity contribution in [3.8, 4) is 5.75 Å². The van der Waals surface area contributed by atoms with Gasteiger partial charge in [-0.1, -0.05) is 42.5 Å². The van der Waals surface area contributed by atoms with E-state index >= 15 is 0 Å². The van der Waals surface area contributed by atoms with E-state index in [0.717, 1.165) is 16.9 Å². The molecular formula is C29H26N2O3S. The van der Waals surface area contributed by atoms with Crippen molar-refractivity contribution in [1.29, 1.82) is 0 Å². The third-order valence-corrected chi connectivity index (χ3v) is 7.27. The molecule has 0 radical (unpaired) electrons. The van der Waals surface area contributed by atoms with Crippen molar-refractivity contribution in [1.82, 2.24) is 0 Å². The Morgan fingerprint density at radius 1 is 0.914 bits per heavy atom. The zero-order valence-corrected chi connectivity index (χ0v) is 20.4. The molecule has 0 saturated heterocycles. The molecule has 2 heterocycles. The number of carbonyl (C=O) groups is 2. The number of hydrogen-bond acceptors (Lipinski definition) is 4. The van der Waals surface area contributed by atoms with Crippen molar-refractivity contribution in [2.24, 2.45) is 0 Å². The van der Waals surface area contributed by atoms with E-state index < -0.39 is 0 Å². The van der Waals surface area contributed by atoms with E-state index in [1.807, 2.05) is 88.8 Å². The van der Waals surface area contributed by atoms with Crippen LogP contribution in [0, 0.1) is 0 Å². The average Bonchev–Trinajstić information content (AvgIpc) is 3.44. The molecule has 0 aliphatic carbocycles. The molecule has 1 aliphatic heterocycles. The maximum absolute atomic E-state index is 13.8. The van der Waals surface area contributed by atoms with Gasteiger partial charge in [-0.25, -0.2) is 0 Å². The van der Waals surface area contributed by atoms with Gasteiger partial charge in [-0.2, -0.15) is 0 Å². The Balaban J connectivity index is 1.58. The lowest BCUT2D eigenvalue weighted by atomic mass is 9.89. The molecule has 0 fully saturated rings. The fourth-order valence-corrected chi connectivity index (χ4v) is 5.41. The Labute approximate surface area is 209 Å². The second kappa shape index (κ2) is 9.76. The topological polar surface area (TPSA) is 49.9 Å². The van der Waals surface area contributed by atoms with Crippen LogP contribution >= 0.6 is 11.3 Å². The van der Waals surface area contributed by atoms with Gasteiger partial charge in [0.05, 0.1) is 18.0 Å². The van der Waals surface area contributed by atoms with Crippen molar-refractivity contribution in [2.75, 3.05) is 16.9 Å². The Kier molecular flexibility index (Phi) is 6.38. The Hall–Kier alpha value is -3.90. The first kappa shape index (κ1) is 22.9. The van der Waals surface area contributed by atoms with Crippen LogP contribution in [0.15, 0.2) is 96.4 Å². The number of hydrogen-bond donors (Lipinski definition) is 0. The highest BCUT2D eigenvalue weighted by molar-refractivity contribution is 7.12. The summed E-state index contributed by atoms with van der Waals surface area (Å²) in [4.78, 5) is 31.8. The maximum Gasteiger partial charge on any atom is 0.268 e. The van der Waals surface area contributed by atoms with Crippen molar-refractivity contribution in [3.05, 3.63) is 112 Å². The normalized spacial score (nSPS) is 16.9. The summed E-state index contributed by atoms with van der Waals surface area (Å²) in [5.41, 5.74) is 3.23. The van der Waals surface area contributed by atoms with Crippen LogP contribution in [0.2, 0.25) is 0 Å². The van der Waals surface area contributed by atoms with E-state index in [2.05, 4.69) is 0 Å². The van der Waals surface area contributed by atoms with Gasteiger partial charge in [0.1, 0.15) is 5.75 Å². The van der Waals surface area contributed by atoms with Gasteiger partial charge in [0.15, 0.2) is 0 Å². The lowest BCUT2D eigenvalue weighted by molar-refractivity contribution is 0.0967. The second-order valence-corrected chi connectivity index (χ2v) is 9.50. The first-order valence-electron chi connectivity index (χ1n) is 11.6. The number of nitrogens with zero attached hydrogens (tertiary/aromatic N) is 2. The summed E-state index contributed by atoms with van der Waals surface area (Å²) in [6, 6.07) is 28.3. The van der Waals surface area contributed by atoms with Gasteiger partial charge in [0, 0.05) is 23.0 Å². The SMILES string of the molecule is COc1ccc(C(=O)N2c3ccccc3[C@@H](N(C(=O)c3cccs3)c3ccccc3)C[C@H]2C)cc1. The number of carbonyl (C=O) groups excluding carboxylic acids is 2. The second-order valence-electron chi connectivity index (χ2n) is 8.55. The smallest absolute Gasteiger partial charge is 0.268 e. The van der Waals surface area contributed by atoms with Crippen LogP contribution < -0.4 is 14.5 Å². The van der Waals surface area contributed by atoms with Crippen molar-refractivity contribution < 1.29 is 14.3 Å². The predicted molar refractivity (Wildman–Crippen MR) is 141 cm³/mol. The van der Waals surface area contributed by atoms with Crippen LogP contribution in [0.1, 0.15) is 45.0 Å². The van der Waals surface area contributed by atoms with E-state index in [1.165, 1.54) is 11.3 Å². The molecule has 1 aromatic heterocycles. The summed E-state index contributed by atoms with van der Waals surface area (Å²) in [7, 11) is 1.61. The predicted octanol–water partition coefficient (Wildman–Crippen LogP) is 6.58. The first-order valence-corrected chi connectivity index (χ1v) is 12.4. The summed E-state index contributed by atoms with van der Waals surface area (Å²) >= 11 is 1.44. The van der Waals surface area contributed by atoms with E-state index in [0.29, 0.717) is 22.6 Å². The number of para-hydroxylation sites is 2. The molecule has 2 atom stereocenters. The minimum atomic E-state index is -0.210. The Bertz CT molecular complexity index is 1320. The molecule has 5 rings (SSSR count). The summed E-state index contributed by atoms with van der Waals surface area (Å²) in [6.45, 7) is 2.04. The molecule has 1 aliphatic rings. The molecule has 0 N–H and O–H groups in total. The lowest BCUT2D eigenvalue weighted by Crippen LogP contribution is -2.47. The summed E-state index contributed by atoms with van der Waals surface area (Å²) < 4.78 is 5.25. The van der Waals surface area contributed by atoms with Crippen LogP contribution in [0.3, 0.4) is 0 Å². The number of thiophene rings is 1. The molecule has 4 aromatic rings. The number of methoxy groups -OCH3 is 1. The fraction of sp³-hybridized carbons (Fsp3) is 0.172. The molecule has 176 valence electrons. The van der Waals surface area contributed by atoms with Gasteiger partial charge in [0.2, 0.25) is 0 Å². The molecule has 6 heteroatoms. The zero-order chi connectivity index (χ0) is 24.4. The highest BCUT2D eigenvalue weighted by Crippen LogP contribution is 2.43.